The van der Waals surface area contributed by atoms with Crippen molar-refractivity contribution >= 4 is 5.69 Å². The van der Waals surface area contributed by atoms with Crippen LogP contribution in [0.3, 0.4) is 0 Å². The van der Waals surface area contributed by atoms with Crippen molar-refractivity contribution in [2.75, 3.05) is 11.9 Å². The van der Waals surface area contributed by atoms with Crippen LogP contribution in [-0.2, 0) is 7.05 Å². The van der Waals surface area contributed by atoms with Crippen molar-refractivity contribution < 1.29 is 0 Å². The van der Waals surface area contributed by atoms with Gasteiger partial charge in [0.1, 0.15) is 0 Å². The van der Waals surface area contributed by atoms with Crippen molar-refractivity contribution in [3.05, 3.63) is 12.4 Å². The molecule has 0 saturated heterocycles. The van der Waals surface area contributed by atoms with Crippen molar-refractivity contribution in [1.82, 2.24) is 9.78 Å². The van der Waals surface area contributed by atoms with Gasteiger partial charge >= 0.3 is 0 Å². The molecule has 1 rings (SSSR count). The van der Waals surface area contributed by atoms with Crippen LogP contribution in [0, 0.1) is 5.92 Å². The third-order valence-electron chi connectivity index (χ3n) is 1.99. The highest BCUT2D eigenvalue weighted by molar-refractivity contribution is 5.37. The smallest absolute Gasteiger partial charge is 0.0726 e. The van der Waals surface area contributed by atoms with Crippen LogP contribution in [0.25, 0.3) is 0 Å². The van der Waals surface area contributed by atoms with E-state index in [0.717, 1.165) is 18.2 Å². The summed E-state index contributed by atoms with van der Waals surface area (Å²) in [5.74, 6) is 0.802. The molecule has 0 bridgehead atoms. The van der Waals surface area contributed by atoms with E-state index in [4.69, 9.17) is 0 Å². The van der Waals surface area contributed by atoms with E-state index >= 15 is 0 Å². The van der Waals surface area contributed by atoms with Gasteiger partial charge in [-0.1, -0.05) is 13.8 Å². The Hall–Kier alpha value is -0.990. The Bertz CT molecular complexity index is 240. The standard InChI is InChI=1S/C10H19N3/c1-9(2)5-4-6-11-10-7-12-13(3)8-10/h7-9,11H,4-6H2,1-3H3. The van der Waals surface area contributed by atoms with Gasteiger partial charge in [0.15, 0.2) is 0 Å². The fourth-order valence-electron chi connectivity index (χ4n) is 1.26. The van der Waals surface area contributed by atoms with Gasteiger partial charge in [-0.2, -0.15) is 5.10 Å². The summed E-state index contributed by atoms with van der Waals surface area (Å²) in [6.07, 6.45) is 6.37. The Morgan fingerprint density at radius 2 is 2.31 bits per heavy atom. The Kier molecular flexibility index (Phi) is 3.80. The second-order valence-corrected chi connectivity index (χ2v) is 3.87. The maximum absolute atomic E-state index is 4.08. The molecule has 1 aromatic heterocycles. The predicted molar refractivity (Wildman–Crippen MR) is 55.8 cm³/mol. The van der Waals surface area contributed by atoms with Crippen molar-refractivity contribution in [3.63, 3.8) is 0 Å². The maximum Gasteiger partial charge on any atom is 0.0726 e. The van der Waals surface area contributed by atoms with Gasteiger partial charge < -0.3 is 5.32 Å². The van der Waals surface area contributed by atoms with E-state index in [1.54, 1.807) is 0 Å². The maximum atomic E-state index is 4.08. The highest BCUT2D eigenvalue weighted by atomic mass is 15.3. The third kappa shape index (κ3) is 3.97. The van der Waals surface area contributed by atoms with E-state index in [9.17, 15) is 0 Å². The second kappa shape index (κ2) is 4.90. The molecular formula is C10H19N3. The molecule has 1 aromatic rings. The molecule has 0 aliphatic carbocycles. The molecule has 13 heavy (non-hydrogen) atoms. The molecule has 0 radical (unpaired) electrons. The van der Waals surface area contributed by atoms with Crippen LogP contribution in [0.1, 0.15) is 26.7 Å². The molecule has 0 aromatic carbocycles. The van der Waals surface area contributed by atoms with Gasteiger partial charge in [0.05, 0.1) is 11.9 Å². The summed E-state index contributed by atoms with van der Waals surface area (Å²) in [6.45, 7) is 5.55. The number of nitrogens with zero attached hydrogens (tertiary/aromatic N) is 2. The first-order valence-corrected chi connectivity index (χ1v) is 4.91. The SMILES string of the molecule is CC(C)CCCNc1cnn(C)c1. The quantitative estimate of drug-likeness (QED) is 0.706. The summed E-state index contributed by atoms with van der Waals surface area (Å²) in [7, 11) is 1.93. The lowest BCUT2D eigenvalue weighted by atomic mass is 10.1. The van der Waals surface area contributed by atoms with Crippen LogP contribution in [0.4, 0.5) is 5.69 Å². The minimum absolute atomic E-state index is 0.802. The van der Waals surface area contributed by atoms with E-state index in [-0.39, 0.29) is 0 Å². The molecule has 0 fully saturated rings. The molecule has 1 N–H and O–H groups in total. The lowest BCUT2D eigenvalue weighted by Gasteiger charge is -2.05. The van der Waals surface area contributed by atoms with Gasteiger partial charge in [-0.05, 0) is 18.8 Å². The normalized spacial score (nSPS) is 10.8. The summed E-state index contributed by atoms with van der Waals surface area (Å²) in [5.41, 5.74) is 1.12. The lowest BCUT2D eigenvalue weighted by Crippen LogP contribution is -2.02. The Labute approximate surface area is 80.1 Å². The number of aromatic nitrogens is 2. The highest BCUT2D eigenvalue weighted by Crippen LogP contribution is 2.06. The van der Waals surface area contributed by atoms with Crippen LogP contribution < -0.4 is 5.32 Å². The summed E-state index contributed by atoms with van der Waals surface area (Å²) in [4.78, 5) is 0. The summed E-state index contributed by atoms with van der Waals surface area (Å²) in [6, 6.07) is 0. The summed E-state index contributed by atoms with van der Waals surface area (Å²) >= 11 is 0. The summed E-state index contributed by atoms with van der Waals surface area (Å²) < 4.78 is 1.81. The fourth-order valence-corrected chi connectivity index (χ4v) is 1.26. The number of aryl methyl sites for hydroxylation is 1. The molecule has 0 unspecified atom stereocenters. The molecule has 74 valence electrons. The molecule has 1 heterocycles. The van der Waals surface area contributed by atoms with Gasteiger partial charge in [0, 0.05) is 19.8 Å². The number of hydrogen-bond acceptors (Lipinski definition) is 2. The molecule has 0 saturated carbocycles. The van der Waals surface area contributed by atoms with E-state index in [1.807, 2.05) is 24.1 Å². The molecule has 0 spiro atoms. The van der Waals surface area contributed by atoms with Crippen molar-refractivity contribution in [2.45, 2.75) is 26.7 Å². The topological polar surface area (TPSA) is 29.9 Å². The van der Waals surface area contributed by atoms with E-state index in [2.05, 4.69) is 24.3 Å². The predicted octanol–water partition coefficient (Wildman–Crippen LogP) is 2.27. The Morgan fingerprint density at radius 3 is 2.85 bits per heavy atom. The second-order valence-electron chi connectivity index (χ2n) is 3.87. The first kappa shape index (κ1) is 10.1. The van der Waals surface area contributed by atoms with Crippen molar-refractivity contribution in [3.8, 4) is 0 Å². The fraction of sp³-hybridized carbons (Fsp3) is 0.700. The van der Waals surface area contributed by atoms with Crippen LogP contribution in [0.2, 0.25) is 0 Å². The Morgan fingerprint density at radius 1 is 1.54 bits per heavy atom. The average molecular weight is 181 g/mol. The average Bonchev–Trinajstić information content (AvgIpc) is 2.45. The van der Waals surface area contributed by atoms with Crippen LogP contribution in [0.15, 0.2) is 12.4 Å². The number of hydrogen-bond donors (Lipinski definition) is 1. The first-order chi connectivity index (χ1) is 6.18. The van der Waals surface area contributed by atoms with E-state index in [1.165, 1.54) is 12.8 Å². The van der Waals surface area contributed by atoms with Gasteiger partial charge in [-0.3, -0.25) is 4.68 Å². The van der Waals surface area contributed by atoms with Crippen LogP contribution in [-0.4, -0.2) is 16.3 Å². The number of nitrogens with one attached hydrogen (secondary N) is 1. The van der Waals surface area contributed by atoms with Crippen LogP contribution >= 0.6 is 0 Å². The Balaban J connectivity index is 2.13. The van der Waals surface area contributed by atoms with Crippen molar-refractivity contribution in [1.29, 1.82) is 0 Å². The number of rotatable bonds is 5. The van der Waals surface area contributed by atoms with E-state index in [0.29, 0.717) is 0 Å². The molecular weight excluding hydrogens is 162 g/mol. The van der Waals surface area contributed by atoms with E-state index < -0.39 is 0 Å². The largest absolute Gasteiger partial charge is 0.383 e. The molecule has 0 atom stereocenters. The minimum Gasteiger partial charge on any atom is -0.383 e. The molecule has 3 nitrogen and oxygen atoms in total. The zero-order valence-electron chi connectivity index (χ0n) is 8.75. The first-order valence-electron chi connectivity index (χ1n) is 4.91. The highest BCUT2D eigenvalue weighted by Gasteiger charge is 1.95. The minimum atomic E-state index is 0.802. The van der Waals surface area contributed by atoms with Gasteiger partial charge in [-0.25, -0.2) is 0 Å². The van der Waals surface area contributed by atoms with Crippen molar-refractivity contribution in [2.24, 2.45) is 13.0 Å². The molecule has 0 aliphatic heterocycles. The van der Waals surface area contributed by atoms with Crippen LogP contribution in [0.5, 0.6) is 0 Å². The molecule has 3 heteroatoms. The van der Waals surface area contributed by atoms with Gasteiger partial charge in [0.2, 0.25) is 0 Å². The third-order valence-corrected chi connectivity index (χ3v) is 1.99. The monoisotopic (exact) mass is 181 g/mol. The number of anilines is 1. The molecule has 0 amide bonds. The molecule has 0 aliphatic rings. The van der Waals surface area contributed by atoms with Gasteiger partial charge in [-0.15, -0.1) is 0 Å². The zero-order chi connectivity index (χ0) is 9.68. The van der Waals surface area contributed by atoms with Gasteiger partial charge in [0.25, 0.3) is 0 Å². The summed E-state index contributed by atoms with van der Waals surface area (Å²) in [5, 5.41) is 7.42. The zero-order valence-corrected chi connectivity index (χ0v) is 8.75. The lowest BCUT2D eigenvalue weighted by molar-refractivity contribution is 0.567.